The first-order valence-electron chi connectivity index (χ1n) is 14.6. The summed E-state index contributed by atoms with van der Waals surface area (Å²) in [7, 11) is 0. The molecule has 11 heteroatoms. The first-order chi connectivity index (χ1) is 21.4. The molecule has 8 nitrogen and oxygen atoms in total. The summed E-state index contributed by atoms with van der Waals surface area (Å²) in [5, 5.41) is 7.63. The Labute approximate surface area is 251 Å². The molecule has 0 spiro atoms. The van der Waals surface area contributed by atoms with Crippen LogP contribution in [0, 0.1) is 0 Å². The minimum absolute atomic E-state index is 0.0413. The topological polar surface area (TPSA) is 80.9 Å². The predicted molar refractivity (Wildman–Crippen MR) is 161 cm³/mol. The molecule has 1 aliphatic heterocycles. The van der Waals surface area contributed by atoms with Gasteiger partial charge in [-0.25, -0.2) is 27.8 Å². The van der Waals surface area contributed by atoms with Crippen LogP contribution in [0.5, 0.6) is 0 Å². The molecular formula is C33H30F3N7O. The second-order valence-corrected chi connectivity index (χ2v) is 11.2. The highest BCUT2D eigenvalue weighted by Gasteiger charge is 2.40. The summed E-state index contributed by atoms with van der Waals surface area (Å²) in [6.45, 7) is 3.60. The number of carbonyl (C=O) groups excluding carboxylic acids is 1. The third-order valence-corrected chi connectivity index (χ3v) is 8.57. The van der Waals surface area contributed by atoms with Crippen LogP contribution in [0.25, 0.3) is 34.1 Å². The number of alkyl halides is 3. The molecule has 4 heterocycles. The lowest BCUT2D eigenvalue weighted by molar-refractivity contribution is -0.134. The van der Waals surface area contributed by atoms with Gasteiger partial charge < -0.3 is 10.2 Å². The van der Waals surface area contributed by atoms with Gasteiger partial charge in [-0.1, -0.05) is 43.0 Å². The Morgan fingerprint density at radius 2 is 1.91 bits per heavy atom. The fourth-order valence-electron chi connectivity index (χ4n) is 6.47. The summed E-state index contributed by atoms with van der Waals surface area (Å²) in [6.07, 6.45) is 1.32. The molecule has 7 rings (SSSR count). The average Bonchev–Trinajstić information content (AvgIpc) is 3.78. The number of carbonyl (C=O) groups is 1. The second-order valence-electron chi connectivity index (χ2n) is 11.2. The molecule has 2 aromatic carbocycles. The van der Waals surface area contributed by atoms with Crippen molar-refractivity contribution < 1.29 is 18.0 Å². The van der Waals surface area contributed by atoms with E-state index in [0.29, 0.717) is 29.2 Å². The van der Waals surface area contributed by atoms with Gasteiger partial charge in [0.1, 0.15) is 17.5 Å². The second kappa shape index (κ2) is 11.4. The van der Waals surface area contributed by atoms with E-state index in [1.54, 1.807) is 10.9 Å². The molecule has 1 aliphatic carbocycles. The number of hydrogen-bond acceptors (Lipinski definition) is 5. The Morgan fingerprint density at radius 1 is 1.07 bits per heavy atom. The largest absolute Gasteiger partial charge is 0.330 e. The van der Waals surface area contributed by atoms with Crippen molar-refractivity contribution in [3.05, 3.63) is 103 Å². The van der Waals surface area contributed by atoms with Crippen LogP contribution in [0.2, 0.25) is 0 Å². The van der Waals surface area contributed by atoms with Crippen LogP contribution in [-0.2, 0) is 11.2 Å². The van der Waals surface area contributed by atoms with Crippen LogP contribution < -0.4 is 5.32 Å². The third kappa shape index (κ3) is 4.96. The number of pyridine rings is 1. The summed E-state index contributed by atoms with van der Waals surface area (Å²) in [5.41, 5.74) is 4.68. The smallest absolute Gasteiger partial charge is 0.258 e. The van der Waals surface area contributed by atoms with Crippen LogP contribution in [0.3, 0.4) is 0 Å². The zero-order valence-electron chi connectivity index (χ0n) is 23.7. The molecule has 1 amide bonds. The van der Waals surface area contributed by atoms with Crippen LogP contribution >= 0.6 is 0 Å². The average molecular weight is 598 g/mol. The monoisotopic (exact) mass is 597 g/mol. The van der Waals surface area contributed by atoms with Crippen molar-refractivity contribution in [2.24, 2.45) is 0 Å². The Kier molecular flexibility index (Phi) is 7.25. The number of halogens is 3. The summed E-state index contributed by atoms with van der Waals surface area (Å²) in [6, 6.07) is 19.0. The van der Waals surface area contributed by atoms with Gasteiger partial charge in [0.05, 0.1) is 12.1 Å². The van der Waals surface area contributed by atoms with E-state index in [1.165, 1.54) is 4.90 Å². The van der Waals surface area contributed by atoms with Crippen LogP contribution in [0.1, 0.15) is 30.0 Å². The van der Waals surface area contributed by atoms with Crippen molar-refractivity contribution in [1.82, 2.24) is 34.5 Å². The number of fused-ring (bicyclic) bond motifs is 2. The van der Waals surface area contributed by atoms with Crippen molar-refractivity contribution >= 4 is 17.1 Å². The quantitative estimate of drug-likeness (QED) is 0.247. The van der Waals surface area contributed by atoms with E-state index in [2.05, 4.69) is 17.0 Å². The number of nitrogens with one attached hydrogen (secondary N) is 1. The Morgan fingerprint density at radius 3 is 2.66 bits per heavy atom. The number of benzene rings is 2. The Hall–Kier alpha value is -4.77. The van der Waals surface area contributed by atoms with Gasteiger partial charge >= 0.3 is 0 Å². The van der Waals surface area contributed by atoms with Gasteiger partial charge in [0.15, 0.2) is 11.5 Å². The van der Waals surface area contributed by atoms with Crippen LogP contribution in [0.4, 0.5) is 13.2 Å². The van der Waals surface area contributed by atoms with E-state index in [1.807, 2.05) is 77.5 Å². The highest BCUT2D eigenvalue weighted by Crippen LogP contribution is 2.38. The van der Waals surface area contributed by atoms with E-state index in [-0.39, 0.29) is 25.4 Å². The third-order valence-electron chi connectivity index (χ3n) is 8.57. The molecule has 0 radical (unpaired) electrons. The van der Waals surface area contributed by atoms with Crippen molar-refractivity contribution in [3.8, 4) is 22.9 Å². The molecular weight excluding hydrogens is 567 g/mol. The maximum atomic E-state index is 15.6. The molecule has 1 fully saturated rings. The molecule has 44 heavy (non-hydrogen) atoms. The highest BCUT2D eigenvalue weighted by atomic mass is 19.3. The van der Waals surface area contributed by atoms with Gasteiger partial charge in [-0.3, -0.25) is 9.36 Å². The molecule has 5 aromatic rings. The van der Waals surface area contributed by atoms with Gasteiger partial charge in [0.2, 0.25) is 5.91 Å². The number of amides is 1. The Balaban J connectivity index is 1.23. The summed E-state index contributed by atoms with van der Waals surface area (Å²) in [5.74, 6) is 0.832. The Bertz CT molecular complexity index is 1820. The zero-order chi connectivity index (χ0) is 30.4. The fraction of sp³-hybridized carbons (Fsp3) is 0.273. The molecule has 2 aliphatic rings. The van der Waals surface area contributed by atoms with Gasteiger partial charge in [0.25, 0.3) is 6.43 Å². The molecule has 0 saturated carbocycles. The lowest BCUT2D eigenvalue weighted by Gasteiger charge is -2.40. The number of imidazole rings is 1. The van der Waals surface area contributed by atoms with Crippen LogP contribution in [-0.4, -0.2) is 66.3 Å². The maximum absolute atomic E-state index is 15.6. The maximum Gasteiger partial charge on any atom is 0.258 e. The van der Waals surface area contributed by atoms with Gasteiger partial charge in [-0.05, 0) is 60.4 Å². The van der Waals surface area contributed by atoms with E-state index in [9.17, 15) is 13.6 Å². The number of aromatic nitrogens is 5. The fourth-order valence-corrected chi connectivity index (χ4v) is 6.47. The van der Waals surface area contributed by atoms with Crippen molar-refractivity contribution in [3.63, 3.8) is 0 Å². The van der Waals surface area contributed by atoms with Crippen molar-refractivity contribution in [1.29, 1.82) is 0 Å². The van der Waals surface area contributed by atoms with E-state index in [0.717, 1.165) is 28.5 Å². The molecule has 224 valence electrons. The summed E-state index contributed by atoms with van der Waals surface area (Å²) >= 11 is 0. The number of nitrogens with zero attached hydrogens (tertiary/aromatic N) is 6. The number of rotatable bonds is 7. The molecule has 0 bridgehead atoms. The summed E-state index contributed by atoms with van der Waals surface area (Å²) in [4.78, 5) is 23.1. The van der Waals surface area contributed by atoms with E-state index < -0.39 is 30.6 Å². The SMILES string of the molecule is C=CC(=O)N1CCC(N[C@@H]2c3ccc(-n4c(-c5ccccc5)nc5ccc(-n6cccn6)nc54)cc3CC2F)CC1C(F)F. The van der Waals surface area contributed by atoms with Gasteiger partial charge in [-0.15, -0.1) is 0 Å². The first-order valence-corrected chi connectivity index (χ1v) is 14.6. The standard InChI is InChI=1S/C33H30F3N7O/c1-2-29(44)41-16-13-22(19-27(41)31(35)36)38-30-24-10-9-23(17-21(24)18-25(30)34)43-32(20-7-4-3-5-8-20)39-26-11-12-28(40-33(26)43)42-15-6-14-37-42/h2-12,14-15,17,22,25,27,30-31,38H,1,13,16,18-19H2/t22?,25?,27?,30-/m1/s1. The minimum Gasteiger partial charge on any atom is -0.330 e. The van der Waals surface area contributed by atoms with E-state index >= 15 is 4.39 Å². The molecule has 4 atom stereocenters. The van der Waals surface area contributed by atoms with Crippen molar-refractivity contribution in [2.45, 2.75) is 50.0 Å². The highest BCUT2D eigenvalue weighted by molar-refractivity contribution is 5.87. The summed E-state index contributed by atoms with van der Waals surface area (Å²) < 4.78 is 47.0. The van der Waals surface area contributed by atoms with Crippen molar-refractivity contribution in [2.75, 3.05) is 6.54 Å². The van der Waals surface area contributed by atoms with Gasteiger partial charge in [0, 0.05) is 42.7 Å². The number of likely N-dealkylation sites (tertiary alicyclic amines) is 1. The lowest BCUT2D eigenvalue weighted by atomic mass is 9.95. The number of hydrogen-bond donors (Lipinski definition) is 1. The predicted octanol–water partition coefficient (Wildman–Crippen LogP) is 5.61. The first kappa shape index (κ1) is 28.0. The van der Waals surface area contributed by atoms with Crippen LogP contribution in [0.15, 0.2) is 91.8 Å². The molecule has 1 saturated heterocycles. The van der Waals surface area contributed by atoms with Gasteiger partial charge in [-0.2, -0.15) is 5.10 Å². The molecule has 3 aromatic heterocycles. The lowest BCUT2D eigenvalue weighted by Crippen LogP contribution is -2.54. The molecule has 1 N–H and O–H groups in total. The minimum atomic E-state index is -2.70. The number of piperidine rings is 1. The van der Waals surface area contributed by atoms with E-state index in [4.69, 9.17) is 9.97 Å². The molecule has 3 unspecified atom stereocenters. The normalized spacial score (nSPS) is 21.6. The zero-order valence-corrected chi connectivity index (χ0v) is 23.7.